The van der Waals surface area contributed by atoms with Crippen LogP contribution in [0.4, 0.5) is 5.69 Å². The van der Waals surface area contributed by atoms with Crippen molar-refractivity contribution < 1.29 is 0 Å². The first-order valence-corrected chi connectivity index (χ1v) is 5.65. The Morgan fingerprint density at radius 1 is 1.31 bits per heavy atom. The normalized spacial score (nSPS) is 14.2. The number of anilines is 1. The standard InChI is InChI=1S/C9H6N2S2/c1-2-12-8-4-9-7(11-5-13-9)3-6(8)10-1/h1-5,10H. The average molecular weight is 206 g/mol. The minimum absolute atomic E-state index is 1.08. The number of aromatic nitrogens is 1. The van der Waals surface area contributed by atoms with Gasteiger partial charge < -0.3 is 5.32 Å². The summed E-state index contributed by atoms with van der Waals surface area (Å²) in [6.45, 7) is 0. The van der Waals surface area contributed by atoms with E-state index >= 15 is 0 Å². The summed E-state index contributed by atoms with van der Waals surface area (Å²) < 4.78 is 1.25. The van der Waals surface area contributed by atoms with Crippen LogP contribution in [0.15, 0.2) is 34.1 Å². The summed E-state index contributed by atoms with van der Waals surface area (Å²) in [6.07, 6.45) is 1.95. The van der Waals surface area contributed by atoms with Gasteiger partial charge in [0.1, 0.15) is 0 Å². The smallest absolute Gasteiger partial charge is 0.0833 e. The monoisotopic (exact) mass is 206 g/mol. The molecule has 2 heterocycles. The van der Waals surface area contributed by atoms with E-state index < -0.39 is 0 Å². The van der Waals surface area contributed by atoms with Crippen LogP contribution in [0.2, 0.25) is 0 Å². The number of rotatable bonds is 0. The van der Waals surface area contributed by atoms with E-state index in [1.54, 1.807) is 23.1 Å². The molecule has 0 unspecified atom stereocenters. The molecule has 4 heteroatoms. The predicted octanol–water partition coefficient (Wildman–Crippen LogP) is 3.29. The van der Waals surface area contributed by atoms with Crippen LogP contribution in [-0.4, -0.2) is 4.98 Å². The van der Waals surface area contributed by atoms with Crippen LogP contribution >= 0.6 is 23.1 Å². The Bertz CT molecular complexity index is 445. The average Bonchev–Trinajstić information content (AvgIpc) is 2.61. The van der Waals surface area contributed by atoms with Gasteiger partial charge in [0.15, 0.2) is 0 Å². The third-order valence-corrected chi connectivity index (χ3v) is 3.59. The topological polar surface area (TPSA) is 24.9 Å². The highest BCUT2D eigenvalue weighted by atomic mass is 32.2. The van der Waals surface area contributed by atoms with Crippen molar-refractivity contribution in [2.45, 2.75) is 4.90 Å². The summed E-state index contributed by atoms with van der Waals surface area (Å²) in [5, 5.41) is 5.26. The minimum atomic E-state index is 1.08. The Morgan fingerprint density at radius 3 is 3.31 bits per heavy atom. The molecular formula is C9H6N2S2. The molecule has 64 valence electrons. The molecule has 2 nitrogen and oxygen atoms in total. The van der Waals surface area contributed by atoms with E-state index in [0.29, 0.717) is 0 Å². The molecule has 0 bridgehead atoms. The molecule has 0 fully saturated rings. The molecule has 3 rings (SSSR count). The van der Waals surface area contributed by atoms with Crippen molar-refractivity contribution in [3.8, 4) is 0 Å². The summed E-state index contributed by atoms with van der Waals surface area (Å²) >= 11 is 3.43. The van der Waals surface area contributed by atoms with E-state index in [1.165, 1.54) is 9.60 Å². The van der Waals surface area contributed by atoms with Crippen LogP contribution in [-0.2, 0) is 0 Å². The van der Waals surface area contributed by atoms with Crippen molar-refractivity contribution in [3.05, 3.63) is 29.3 Å². The van der Waals surface area contributed by atoms with Crippen LogP contribution in [0.5, 0.6) is 0 Å². The third kappa shape index (κ3) is 1.14. The van der Waals surface area contributed by atoms with Crippen molar-refractivity contribution >= 4 is 39.0 Å². The molecule has 13 heavy (non-hydrogen) atoms. The van der Waals surface area contributed by atoms with Gasteiger partial charge in [-0.3, -0.25) is 0 Å². The number of thiazole rings is 1. The maximum absolute atomic E-state index is 4.27. The Hall–Kier alpha value is -1.00. The second-order valence-electron chi connectivity index (χ2n) is 2.73. The largest absolute Gasteiger partial charge is 0.360 e. The number of hydrogen-bond acceptors (Lipinski definition) is 4. The lowest BCUT2D eigenvalue weighted by atomic mass is 10.3. The molecule has 0 atom stereocenters. The molecule has 1 aliphatic rings. The fraction of sp³-hybridized carbons (Fsp3) is 0. The molecule has 1 aliphatic heterocycles. The zero-order valence-electron chi connectivity index (χ0n) is 6.65. The molecule has 1 aromatic carbocycles. The first-order chi connectivity index (χ1) is 6.43. The van der Waals surface area contributed by atoms with Crippen molar-refractivity contribution in [1.82, 2.24) is 4.98 Å². The van der Waals surface area contributed by atoms with Crippen molar-refractivity contribution in [2.24, 2.45) is 0 Å². The van der Waals surface area contributed by atoms with E-state index in [9.17, 15) is 0 Å². The second-order valence-corrected chi connectivity index (χ2v) is 4.57. The molecule has 1 aromatic heterocycles. The fourth-order valence-corrected chi connectivity index (χ4v) is 2.81. The van der Waals surface area contributed by atoms with E-state index in [1.807, 2.05) is 11.7 Å². The van der Waals surface area contributed by atoms with Crippen molar-refractivity contribution in [2.75, 3.05) is 5.32 Å². The molecule has 0 aliphatic carbocycles. The summed E-state index contributed by atoms with van der Waals surface area (Å²) in [4.78, 5) is 5.55. The van der Waals surface area contributed by atoms with Gasteiger partial charge >= 0.3 is 0 Å². The van der Waals surface area contributed by atoms with Gasteiger partial charge in [0, 0.05) is 11.1 Å². The lowest BCUT2D eigenvalue weighted by Crippen LogP contribution is -1.92. The highest BCUT2D eigenvalue weighted by Gasteiger charge is 2.07. The maximum atomic E-state index is 4.27. The van der Waals surface area contributed by atoms with Gasteiger partial charge in [-0.2, -0.15) is 0 Å². The van der Waals surface area contributed by atoms with Crippen LogP contribution < -0.4 is 5.32 Å². The Morgan fingerprint density at radius 2 is 2.31 bits per heavy atom. The van der Waals surface area contributed by atoms with Crippen LogP contribution in [0.1, 0.15) is 0 Å². The maximum Gasteiger partial charge on any atom is 0.0833 e. The SMILES string of the molecule is C1=CSc2cc3scnc3cc2N1. The summed E-state index contributed by atoms with van der Waals surface area (Å²) in [6, 6.07) is 4.28. The first-order valence-electron chi connectivity index (χ1n) is 3.89. The van der Waals surface area contributed by atoms with Gasteiger partial charge in [0.25, 0.3) is 0 Å². The number of hydrogen-bond donors (Lipinski definition) is 1. The highest BCUT2D eigenvalue weighted by Crippen LogP contribution is 2.35. The summed E-state index contributed by atoms with van der Waals surface area (Å²) in [5.41, 5.74) is 4.12. The Labute approximate surface area is 83.7 Å². The molecule has 0 amide bonds. The molecule has 0 saturated heterocycles. The third-order valence-electron chi connectivity index (χ3n) is 1.93. The molecule has 1 N–H and O–H groups in total. The van der Waals surface area contributed by atoms with Crippen LogP contribution in [0.25, 0.3) is 10.2 Å². The minimum Gasteiger partial charge on any atom is -0.360 e. The molecule has 2 aromatic rings. The van der Waals surface area contributed by atoms with Crippen LogP contribution in [0.3, 0.4) is 0 Å². The lowest BCUT2D eigenvalue weighted by molar-refractivity contribution is 1.42. The van der Waals surface area contributed by atoms with Gasteiger partial charge in [-0.05, 0) is 17.5 Å². The van der Waals surface area contributed by atoms with E-state index in [4.69, 9.17) is 0 Å². The fourth-order valence-electron chi connectivity index (χ4n) is 1.33. The molecule has 0 saturated carbocycles. The van der Waals surface area contributed by atoms with Crippen LogP contribution in [0, 0.1) is 0 Å². The Kier molecular flexibility index (Phi) is 1.57. The van der Waals surface area contributed by atoms with Gasteiger partial charge in [-0.1, -0.05) is 11.8 Å². The second kappa shape index (κ2) is 2.75. The van der Waals surface area contributed by atoms with Gasteiger partial charge in [0.2, 0.25) is 0 Å². The number of nitrogens with one attached hydrogen (secondary N) is 1. The molecular weight excluding hydrogens is 200 g/mol. The van der Waals surface area contributed by atoms with Gasteiger partial charge in [-0.25, -0.2) is 4.98 Å². The predicted molar refractivity (Wildman–Crippen MR) is 58.2 cm³/mol. The molecule has 0 radical (unpaired) electrons. The molecule has 0 spiro atoms. The quantitative estimate of drug-likeness (QED) is 0.716. The van der Waals surface area contributed by atoms with Gasteiger partial charge in [0.05, 0.1) is 21.4 Å². The number of benzene rings is 1. The van der Waals surface area contributed by atoms with Crippen molar-refractivity contribution in [1.29, 1.82) is 0 Å². The highest BCUT2D eigenvalue weighted by molar-refractivity contribution is 8.02. The Balaban J connectivity index is 2.31. The van der Waals surface area contributed by atoms with E-state index in [0.717, 1.165) is 11.2 Å². The summed E-state index contributed by atoms with van der Waals surface area (Å²) in [5.74, 6) is 0. The zero-order valence-corrected chi connectivity index (χ0v) is 8.28. The number of thioether (sulfide) groups is 1. The summed E-state index contributed by atoms with van der Waals surface area (Å²) in [7, 11) is 0. The van der Waals surface area contributed by atoms with E-state index in [-0.39, 0.29) is 0 Å². The van der Waals surface area contributed by atoms with Crippen molar-refractivity contribution in [3.63, 3.8) is 0 Å². The van der Waals surface area contributed by atoms with E-state index in [2.05, 4.69) is 27.8 Å². The number of nitrogens with zero attached hydrogens (tertiary/aromatic N) is 1. The lowest BCUT2D eigenvalue weighted by Gasteiger charge is -2.11. The number of fused-ring (bicyclic) bond motifs is 2. The first kappa shape index (κ1) is 7.41. The zero-order chi connectivity index (χ0) is 8.67. The van der Waals surface area contributed by atoms with Gasteiger partial charge in [-0.15, -0.1) is 11.3 Å².